The van der Waals surface area contributed by atoms with E-state index in [1.807, 2.05) is 24.3 Å². The summed E-state index contributed by atoms with van der Waals surface area (Å²) < 4.78 is 0. The van der Waals surface area contributed by atoms with Gasteiger partial charge in [-0.3, -0.25) is 0 Å². The van der Waals surface area contributed by atoms with E-state index in [0.717, 1.165) is 30.6 Å². The fraction of sp³-hybridized carbons (Fsp3) is 0.294. The molecule has 0 saturated heterocycles. The van der Waals surface area contributed by atoms with Crippen LogP contribution >= 0.6 is 0 Å². The van der Waals surface area contributed by atoms with Crippen molar-refractivity contribution in [3.8, 4) is 0 Å². The second kappa shape index (κ2) is 5.79. The predicted molar refractivity (Wildman–Crippen MR) is 83.2 cm³/mol. The molecule has 2 heteroatoms. The Morgan fingerprint density at radius 3 is 1.53 bits per heavy atom. The maximum atomic E-state index is 5.77. The molecule has 0 amide bonds. The molecule has 100 valence electrons. The van der Waals surface area contributed by atoms with Gasteiger partial charge < -0.3 is 11.5 Å². The van der Waals surface area contributed by atoms with Gasteiger partial charge in [-0.05, 0) is 79.6 Å². The van der Waals surface area contributed by atoms with Crippen molar-refractivity contribution in [3.63, 3.8) is 0 Å². The van der Waals surface area contributed by atoms with E-state index < -0.39 is 0 Å². The lowest BCUT2D eigenvalue weighted by Crippen LogP contribution is -1.97. The summed E-state index contributed by atoms with van der Waals surface area (Å²) in [5.74, 6) is 0. The lowest BCUT2D eigenvalue weighted by molar-refractivity contribution is 0.812. The first-order valence-corrected chi connectivity index (χ1v) is 6.76. The van der Waals surface area contributed by atoms with Gasteiger partial charge in [-0.2, -0.15) is 0 Å². The standard InChI is InChI=1S/C17H22N2/c1-12-10-16(18)8-6-14(12)4-3-5-15-7-9-17(19)11-13(15)2/h6-11H,3-5,18-19H2,1-2H3. The average molecular weight is 254 g/mol. The number of nitrogens with two attached hydrogens (primary N) is 2. The smallest absolute Gasteiger partial charge is 0.0316 e. The van der Waals surface area contributed by atoms with Crippen LogP contribution < -0.4 is 11.5 Å². The second-order valence-electron chi connectivity index (χ2n) is 5.23. The van der Waals surface area contributed by atoms with E-state index in [2.05, 4.69) is 26.0 Å². The zero-order valence-electron chi connectivity index (χ0n) is 11.7. The molecule has 0 aliphatic carbocycles. The molecule has 19 heavy (non-hydrogen) atoms. The Labute approximate surface area is 115 Å². The summed E-state index contributed by atoms with van der Waals surface area (Å²) in [5, 5.41) is 0. The number of hydrogen-bond acceptors (Lipinski definition) is 2. The molecule has 0 aliphatic rings. The van der Waals surface area contributed by atoms with Crippen LogP contribution in [0.15, 0.2) is 36.4 Å². The molecule has 0 atom stereocenters. The molecule has 0 spiro atoms. The largest absolute Gasteiger partial charge is 0.399 e. The third kappa shape index (κ3) is 3.50. The van der Waals surface area contributed by atoms with Crippen LogP contribution in [0.1, 0.15) is 28.7 Å². The fourth-order valence-electron chi connectivity index (χ4n) is 2.47. The summed E-state index contributed by atoms with van der Waals surface area (Å²) >= 11 is 0. The number of rotatable bonds is 4. The number of hydrogen-bond donors (Lipinski definition) is 2. The Kier molecular flexibility index (Phi) is 4.10. The van der Waals surface area contributed by atoms with Gasteiger partial charge in [-0.15, -0.1) is 0 Å². The van der Waals surface area contributed by atoms with Gasteiger partial charge in [0.2, 0.25) is 0 Å². The lowest BCUT2D eigenvalue weighted by atomic mass is 9.98. The van der Waals surface area contributed by atoms with Crippen LogP contribution in [0.5, 0.6) is 0 Å². The van der Waals surface area contributed by atoms with Gasteiger partial charge in [0, 0.05) is 11.4 Å². The minimum Gasteiger partial charge on any atom is -0.399 e. The first-order chi connectivity index (χ1) is 9.06. The molecule has 0 heterocycles. The van der Waals surface area contributed by atoms with Gasteiger partial charge in [0.1, 0.15) is 0 Å². The molecule has 2 aromatic carbocycles. The van der Waals surface area contributed by atoms with Crippen molar-refractivity contribution in [2.75, 3.05) is 11.5 Å². The summed E-state index contributed by atoms with van der Waals surface area (Å²) in [7, 11) is 0. The number of nitrogen functional groups attached to an aromatic ring is 2. The number of aryl methyl sites for hydroxylation is 4. The summed E-state index contributed by atoms with van der Waals surface area (Å²) in [6.45, 7) is 4.25. The van der Waals surface area contributed by atoms with Crippen LogP contribution in [0.3, 0.4) is 0 Å². The highest BCUT2D eigenvalue weighted by molar-refractivity contribution is 5.45. The van der Waals surface area contributed by atoms with Crippen LogP contribution in [0, 0.1) is 13.8 Å². The average Bonchev–Trinajstić information content (AvgIpc) is 2.34. The quantitative estimate of drug-likeness (QED) is 0.818. The molecule has 2 rings (SSSR count). The van der Waals surface area contributed by atoms with Crippen molar-refractivity contribution in [2.45, 2.75) is 33.1 Å². The van der Waals surface area contributed by atoms with Gasteiger partial charge in [0.15, 0.2) is 0 Å². The molecule has 0 unspecified atom stereocenters. The SMILES string of the molecule is Cc1cc(N)ccc1CCCc1ccc(N)cc1C. The zero-order valence-corrected chi connectivity index (χ0v) is 11.7. The molecule has 2 aromatic rings. The fourth-order valence-corrected chi connectivity index (χ4v) is 2.47. The molecule has 4 N–H and O–H groups in total. The topological polar surface area (TPSA) is 52.0 Å². The molecule has 0 saturated carbocycles. The predicted octanol–water partition coefficient (Wildman–Crippen LogP) is 3.64. The zero-order chi connectivity index (χ0) is 13.8. The Morgan fingerprint density at radius 2 is 1.16 bits per heavy atom. The van der Waals surface area contributed by atoms with Crippen molar-refractivity contribution in [3.05, 3.63) is 58.7 Å². The van der Waals surface area contributed by atoms with E-state index in [0.29, 0.717) is 0 Å². The molecule has 0 aliphatic heterocycles. The monoisotopic (exact) mass is 254 g/mol. The number of anilines is 2. The van der Waals surface area contributed by atoms with Gasteiger partial charge in [-0.1, -0.05) is 12.1 Å². The highest BCUT2D eigenvalue weighted by atomic mass is 14.5. The first-order valence-electron chi connectivity index (χ1n) is 6.76. The van der Waals surface area contributed by atoms with Crippen LogP contribution in [0.25, 0.3) is 0 Å². The Morgan fingerprint density at radius 1 is 0.737 bits per heavy atom. The molecule has 0 fully saturated rings. The van der Waals surface area contributed by atoms with Gasteiger partial charge in [0.05, 0.1) is 0 Å². The Balaban J connectivity index is 1.96. The van der Waals surface area contributed by atoms with E-state index >= 15 is 0 Å². The van der Waals surface area contributed by atoms with E-state index in [1.165, 1.54) is 22.3 Å². The van der Waals surface area contributed by atoms with Crippen LogP contribution in [-0.2, 0) is 12.8 Å². The van der Waals surface area contributed by atoms with Crippen molar-refractivity contribution in [1.82, 2.24) is 0 Å². The van der Waals surface area contributed by atoms with Crippen LogP contribution in [0.2, 0.25) is 0 Å². The summed E-state index contributed by atoms with van der Waals surface area (Å²) in [6, 6.07) is 12.3. The summed E-state index contributed by atoms with van der Waals surface area (Å²) in [5.41, 5.74) is 18.6. The van der Waals surface area contributed by atoms with Crippen LogP contribution in [-0.4, -0.2) is 0 Å². The maximum absolute atomic E-state index is 5.77. The minimum atomic E-state index is 0.843. The van der Waals surface area contributed by atoms with Crippen molar-refractivity contribution in [2.24, 2.45) is 0 Å². The van der Waals surface area contributed by atoms with E-state index in [1.54, 1.807) is 0 Å². The molecular formula is C17H22N2. The molecular weight excluding hydrogens is 232 g/mol. The van der Waals surface area contributed by atoms with E-state index in [-0.39, 0.29) is 0 Å². The van der Waals surface area contributed by atoms with E-state index in [4.69, 9.17) is 11.5 Å². The molecule has 0 bridgehead atoms. The normalized spacial score (nSPS) is 10.6. The summed E-state index contributed by atoms with van der Waals surface area (Å²) in [6.07, 6.45) is 3.33. The highest BCUT2D eigenvalue weighted by Crippen LogP contribution is 2.18. The molecule has 0 aromatic heterocycles. The van der Waals surface area contributed by atoms with E-state index in [9.17, 15) is 0 Å². The number of benzene rings is 2. The Hall–Kier alpha value is -1.96. The van der Waals surface area contributed by atoms with Crippen LogP contribution in [0.4, 0.5) is 11.4 Å². The molecule has 2 nitrogen and oxygen atoms in total. The highest BCUT2D eigenvalue weighted by Gasteiger charge is 2.02. The van der Waals surface area contributed by atoms with Crippen molar-refractivity contribution >= 4 is 11.4 Å². The molecule has 0 radical (unpaired) electrons. The second-order valence-corrected chi connectivity index (χ2v) is 5.23. The van der Waals surface area contributed by atoms with Crippen molar-refractivity contribution < 1.29 is 0 Å². The lowest BCUT2D eigenvalue weighted by Gasteiger charge is -2.09. The van der Waals surface area contributed by atoms with Gasteiger partial charge in [0.25, 0.3) is 0 Å². The summed E-state index contributed by atoms with van der Waals surface area (Å²) in [4.78, 5) is 0. The first kappa shape index (κ1) is 13.5. The van der Waals surface area contributed by atoms with Crippen molar-refractivity contribution in [1.29, 1.82) is 0 Å². The third-order valence-electron chi connectivity index (χ3n) is 3.63. The minimum absolute atomic E-state index is 0.843. The maximum Gasteiger partial charge on any atom is 0.0316 e. The van der Waals surface area contributed by atoms with Gasteiger partial charge in [-0.25, -0.2) is 0 Å². The Bertz CT molecular complexity index is 522. The third-order valence-corrected chi connectivity index (χ3v) is 3.63. The van der Waals surface area contributed by atoms with Gasteiger partial charge >= 0.3 is 0 Å².